The van der Waals surface area contributed by atoms with Crippen molar-refractivity contribution in [1.82, 2.24) is 8.70 Å². The number of allylic oxidation sites excluding steroid dienone is 1. The fraction of sp³-hybridized carbons (Fsp3) is 0.591. The Bertz CT molecular complexity index is 817. The van der Waals surface area contributed by atoms with Crippen molar-refractivity contribution in [2.45, 2.75) is 62.3 Å². The van der Waals surface area contributed by atoms with E-state index in [1.54, 1.807) is 0 Å². The monoisotopic (exact) mass is 487 g/mol. The molecule has 29 heavy (non-hydrogen) atoms. The molecule has 1 aliphatic heterocycles. The van der Waals surface area contributed by atoms with Crippen LogP contribution >= 0.6 is 18.6 Å². The summed E-state index contributed by atoms with van der Waals surface area (Å²) in [5.74, 6) is 0.198. The molecule has 159 valence electrons. The Hall–Kier alpha value is -0.259. The van der Waals surface area contributed by atoms with Crippen LogP contribution < -0.4 is 3.80 Å². The van der Waals surface area contributed by atoms with Gasteiger partial charge in [-0.25, -0.2) is 0 Å². The van der Waals surface area contributed by atoms with E-state index in [0.717, 1.165) is 38.8 Å². The second-order valence-electron chi connectivity index (χ2n) is 9.44. The molecule has 3 aliphatic rings. The molecule has 1 N–H and O–H groups in total. The van der Waals surface area contributed by atoms with Gasteiger partial charge in [-0.05, 0) is 0 Å². The molecule has 1 heterocycles. The number of rotatable bonds is 5. The molecule has 2 aliphatic carbocycles. The number of benzene rings is 1. The second-order valence-corrected chi connectivity index (χ2v) is 37.6. The fourth-order valence-corrected chi connectivity index (χ4v) is 18.3. The number of carbonyl (C=O) groups is 1. The molecule has 1 saturated heterocycles. The molecule has 1 aromatic rings. The van der Waals surface area contributed by atoms with Gasteiger partial charge in [0.25, 0.3) is 0 Å². The Morgan fingerprint density at radius 3 is 2.38 bits per heavy atom. The van der Waals surface area contributed by atoms with Gasteiger partial charge >= 0.3 is 186 Å². The van der Waals surface area contributed by atoms with Crippen LogP contribution in [-0.2, 0) is 17.5 Å². The Balaban J connectivity index is 1.72. The summed E-state index contributed by atoms with van der Waals surface area (Å²) in [7, 11) is 15.1. The van der Waals surface area contributed by atoms with Gasteiger partial charge in [0.1, 0.15) is 0 Å². The first kappa shape index (κ1) is 22.0. The van der Waals surface area contributed by atoms with Gasteiger partial charge in [-0.2, -0.15) is 0 Å². The first-order valence-corrected chi connectivity index (χ1v) is 22.8. The van der Waals surface area contributed by atoms with Crippen LogP contribution in [0.25, 0.3) is 5.70 Å². The average molecular weight is 488 g/mol. The van der Waals surface area contributed by atoms with Crippen LogP contribution in [0.3, 0.4) is 0 Å². The maximum absolute atomic E-state index is 13.3. The molecule has 1 unspecified atom stereocenters. The third-order valence-electron chi connectivity index (χ3n) is 7.31. The summed E-state index contributed by atoms with van der Waals surface area (Å²) >= 11 is -4.37. The van der Waals surface area contributed by atoms with Crippen molar-refractivity contribution >= 4 is 36.9 Å². The predicted octanol–water partition coefficient (Wildman–Crippen LogP) is 5.77. The summed E-state index contributed by atoms with van der Waals surface area (Å²) in [6, 6.07) is 8.56. The molecule has 7 heteroatoms. The van der Waals surface area contributed by atoms with E-state index in [1.165, 1.54) is 36.1 Å². The summed E-state index contributed by atoms with van der Waals surface area (Å²) in [6.45, 7) is 5.06. The normalized spacial score (nSPS) is 24.2. The van der Waals surface area contributed by atoms with Crippen LogP contribution in [0.4, 0.5) is 0 Å². The third kappa shape index (κ3) is 4.01. The van der Waals surface area contributed by atoms with E-state index in [-0.39, 0.29) is 16.0 Å². The zero-order valence-electron chi connectivity index (χ0n) is 17.6. The van der Waals surface area contributed by atoms with Crippen molar-refractivity contribution in [3.8, 4) is 0 Å². The van der Waals surface area contributed by atoms with Gasteiger partial charge in [-0.1, -0.05) is 0 Å². The Kier molecular flexibility index (Phi) is 6.32. The van der Waals surface area contributed by atoms with E-state index >= 15 is 0 Å². The van der Waals surface area contributed by atoms with Gasteiger partial charge in [0.2, 0.25) is 0 Å². The van der Waals surface area contributed by atoms with Crippen molar-refractivity contribution in [1.29, 1.82) is 0 Å². The molecule has 0 radical (unpaired) electrons. The molecule has 2 fully saturated rings. The molecule has 1 aromatic carbocycles. The van der Waals surface area contributed by atoms with Crippen molar-refractivity contribution in [2.75, 3.05) is 13.1 Å². The SMILES string of the molecule is C[SiH](C)[Ti]([Cl])([Cl])([NH]C(=O)C1CCCCC1)[CH]1C=C(N2CCCC2)c2ccccc21. The summed E-state index contributed by atoms with van der Waals surface area (Å²) in [5.41, 5.74) is 3.76. The van der Waals surface area contributed by atoms with E-state index in [4.69, 9.17) is 18.6 Å². The second kappa shape index (κ2) is 8.35. The molecule has 0 spiro atoms. The van der Waals surface area contributed by atoms with Crippen LogP contribution in [0.5, 0.6) is 0 Å². The summed E-state index contributed by atoms with van der Waals surface area (Å²) in [4.78, 5) is 15.8. The average Bonchev–Trinajstić information content (AvgIpc) is 3.36. The number of halogens is 2. The minimum absolute atomic E-state index is 0.0404. The van der Waals surface area contributed by atoms with Crippen molar-refractivity contribution in [2.24, 2.45) is 5.92 Å². The predicted molar refractivity (Wildman–Crippen MR) is 123 cm³/mol. The zero-order chi connectivity index (χ0) is 20.7. The van der Waals surface area contributed by atoms with E-state index in [0.29, 0.717) is 0 Å². The van der Waals surface area contributed by atoms with Gasteiger partial charge in [-0.15, -0.1) is 0 Å². The van der Waals surface area contributed by atoms with Crippen LogP contribution in [0.15, 0.2) is 30.3 Å². The molecular formula is C22H33Cl2N2OSiTi. The third-order valence-corrected chi connectivity index (χ3v) is 38.6. The van der Waals surface area contributed by atoms with E-state index in [1.807, 2.05) is 0 Å². The molecule has 0 aromatic heterocycles. The van der Waals surface area contributed by atoms with Gasteiger partial charge in [-0.3, -0.25) is 0 Å². The summed E-state index contributed by atoms with van der Waals surface area (Å²) in [6.07, 6.45) is 10.2. The molecule has 1 amide bonds. The maximum atomic E-state index is 13.3. The van der Waals surface area contributed by atoms with Crippen LogP contribution in [0.2, 0.25) is 13.1 Å². The standard InChI is InChI=1S/C13H14N.C7H13NO.C2H7Si.2ClH.Ti/c1-2-6-12-11(5-1)7-8-13(12)14-9-3-4-10-14;8-7(9)6-4-2-1-3-5-6;1-3-2;;;/h1-2,5-8H,3-4,9-10H2;6H,1-5H2,(H2,8,9);3H,1-2H3;2*1H;/q;;;;;+3/p-3. The number of likely N-dealkylation sites (tertiary alicyclic amines) is 1. The zero-order valence-corrected chi connectivity index (χ0v) is 21.8. The molecular weight excluding hydrogens is 455 g/mol. The van der Waals surface area contributed by atoms with Crippen LogP contribution in [0, 0.1) is 5.92 Å². The van der Waals surface area contributed by atoms with Gasteiger partial charge < -0.3 is 0 Å². The molecule has 4 rings (SSSR count). The van der Waals surface area contributed by atoms with Crippen molar-refractivity contribution in [3.63, 3.8) is 0 Å². The van der Waals surface area contributed by atoms with Crippen LogP contribution in [-0.4, -0.2) is 30.6 Å². The fourth-order valence-electron chi connectivity index (χ4n) is 5.29. The summed E-state index contributed by atoms with van der Waals surface area (Å²) in [5, 5.41) is 0. The van der Waals surface area contributed by atoms with E-state index < -0.39 is 19.4 Å². The molecule has 0 bridgehead atoms. The first-order chi connectivity index (χ1) is 13.8. The van der Waals surface area contributed by atoms with Gasteiger partial charge in [0, 0.05) is 0 Å². The molecule has 3 nitrogen and oxygen atoms in total. The number of nitrogens with one attached hydrogen (secondary N) is 1. The number of nitrogens with zero attached hydrogens (tertiary/aromatic N) is 1. The quantitative estimate of drug-likeness (QED) is 0.534. The Morgan fingerprint density at radius 1 is 1.07 bits per heavy atom. The topological polar surface area (TPSA) is 32.3 Å². The first-order valence-electron chi connectivity index (χ1n) is 11.3. The van der Waals surface area contributed by atoms with E-state index in [2.05, 4.69) is 52.1 Å². The number of carbonyl (C=O) groups excluding carboxylic acids is 1. The van der Waals surface area contributed by atoms with Crippen molar-refractivity contribution in [3.05, 3.63) is 41.5 Å². The number of hydrogen-bond acceptors (Lipinski definition) is 2. The Labute approximate surface area is 185 Å². The number of amides is 1. The van der Waals surface area contributed by atoms with Gasteiger partial charge in [0.05, 0.1) is 0 Å². The van der Waals surface area contributed by atoms with Gasteiger partial charge in [0.15, 0.2) is 0 Å². The molecule has 1 saturated carbocycles. The van der Waals surface area contributed by atoms with Crippen LogP contribution in [0.1, 0.15) is 60.3 Å². The number of hydrogen-bond donors (Lipinski definition) is 1. The molecule has 1 atom stereocenters. The van der Waals surface area contributed by atoms with E-state index in [9.17, 15) is 4.79 Å². The Morgan fingerprint density at radius 2 is 1.72 bits per heavy atom. The minimum atomic E-state index is -4.37. The van der Waals surface area contributed by atoms with Crippen molar-refractivity contribution < 1.29 is 17.5 Å². The number of fused-ring (bicyclic) bond motifs is 1. The summed E-state index contributed by atoms with van der Waals surface area (Å²) < 4.78 is 3.37.